The highest BCUT2D eigenvalue weighted by atomic mass is 32.2. The van der Waals surface area contributed by atoms with Crippen LogP contribution in [0.5, 0.6) is 17.2 Å². The summed E-state index contributed by atoms with van der Waals surface area (Å²) in [7, 11) is 3.15. The Kier molecular flexibility index (Phi) is 8.97. The third kappa shape index (κ3) is 6.43. The number of aryl methyl sites for hydroxylation is 1. The van der Waals surface area contributed by atoms with E-state index in [9.17, 15) is 10.5 Å². The average molecular weight is 614 g/mol. The standard InChI is InChI=1S/C32H31N5O6S/c1-18-26(36-30(42-18)23-12-21(38-4)10-11-27(23)39-5)17-44-31-25(14-34)28(24(13-33)29(35)37-31)19-6-8-20(9-7-19)40-15-22-16-41-32(2,3)43-22/h6-12,22H,15-17H2,1-5H3,(H2,35,37)/t22-/m0/s1. The normalized spacial score (nSPS) is 15.4. The lowest BCUT2D eigenvalue weighted by Gasteiger charge is -2.17. The van der Waals surface area contributed by atoms with E-state index in [1.165, 1.54) is 11.8 Å². The molecule has 0 aliphatic carbocycles. The molecule has 0 spiro atoms. The molecule has 4 aromatic rings. The zero-order valence-electron chi connectivity index (χ0n) is 25.0. The van der Waals surface area contributed by atoms with E-state index in [0.29, 0.717) is 75.3 Å². The minimum atomic E-state index is -0.630. The van der Waals surface area contributed by atoms with E-state index in [1.54, 1.807) is 56.7 Å². The van der Waals surface area contributed by atoms with E-state index in [1.807, 2.05) is 20.8 Å². The van der Waals surface area contributed by atoms with Crippen molar-refractivity contribution in [2.75, 3.05) is 33.2 Å². The van der Waals surface area contributed by atoms with Gasteiger partial charge in [-0.15, -0.1) is 0 Å². The molecular weight excluding hydrogens is 582 g/mol. The largest absolute Gasteiger partial charge is 0.497 e. The monoisotopic (exact) mass is 613 g/mol. The average Bonchev–Trinajstić information content (AvgIpc) is 3.58. The number of anilines is 1. The van der Waals surface area contributed by atoms with Gasteiger partial charge in [-0.2, -0.15) is 10.5 Å². The first-order chi connectivity index (χ1) is 21.2. The fourth-order valence-electron chi connectivity index (χ4n) is 4.74. The van der Waals surface area contributed by atoms with Crippen LogP contribution >= 0.6 is 11.8 Å². The van der Waals surface area contributed by atoms with Gasteiger partial charge >= 0.3 is 0 Å². The summed E-state index contributed by atoms with van der Waals surface area (Å²) in [4.78, 5) is 9.10. The molecule has 0 amide bonds. The molecule has 11 nitrogen and oxygen atoms in total. The smallest absolute Gasteiger partial charge is 0.230 e. The van der Waals surface area contributed by atoms with Gasteiger partial charge in [-0.25, -0.2) is 9.97 Å². The number of nitrogen functional groups attached to an aromatic ring is 1. The fraction of sp³-hybridized carbons (Fsp3) is 0.312. The van der Waals surface area contributed by atoms with Gasteiger partial charge in [0, 0.05) is 11.3 Å². The molecule has 2 aromatic heterocycles. The van der Waals surface area contributed by atoms with Crippen LogP contribution in [0.4, 0.5) is 5.82 Å². The Morgan fingerprint density at radius 2 is 1.75 bits per heavy atom. The van der Waals surface area contributed by atoms with Crippen LogP contribution in [0.15, 0.2) is 51.9 Å². The number of nitrogens with zero attached hydrogens (tertiary/aromatic N) is 4. The van der Waals surface area contributed by atoms with Crippen molar-refractivity contribution < 1.29 is 28.1 Å². The number of rotatable bonds is 10. The van der Waals surface area contributed by atoms with Crippen molar-refractivity contribution in [2.45, 2.75) is 43.4 Å². The molecule has 226 valence electrons. The van der Waals surface area contributed by atoms with E-state index in [2.05, 4.69) is 22.1 Å². The summed E-state index contributed by atoms with van der Waals surface area (Å²) in [6.45, 7) is 6.30. The van der Waals surface area contributed by atoms with Gasteiger partial charge in [-0.05, 0) is 56.7 Å². The molecule has 1 aliphatic heterocycles. The maximum atomic E-state index is 10.2. The lowest BCUT2D eigenvalue weighted by Crippen LogP contribution is -2.25. The third-order valence-electron chi connectivity index (χ3n) is 6.94. The van der Waals surface area contributed by atoms with E-state index in [-0.39, 0.29) is 23.0 Å². The second kappa shape index (κ2) is 12.9. The van der Waals surface area contributed by atoms with Crippen LogP contribution in [0.1, 0.15) is 36.4 Å². The molecule has 0 bridgehead atoms. The number of hydrogen-bond acceptors (Lipinski definition) is 12. The molecule has 1 aliphatic rings. The third-order valence-corrected chi connectivity index (χ3v) is 7.92. The van der Waals surface area contributed by atoms with Crippen molar-refractivity contribution in [1.82, 2.24) is 9.97 Å². The van der Waals surface area contributed by atoms with Crippen LogP contribution < -0.4 is 19.9 Å². The SMILES string of the molecule is COc1ccc(OC)c(-c2nc(CSc3nc(N)c(C#N)c(-c4ccc(OC[C@H]5COC(C)(C)O5)cc4)c3C#N)c(C)o2)c1. The Labute approximate surface area is 259 Å². The number of nitrogens with two attached hydrogens (primary N) is 1. The summed E-state index contributed by atoms with van der Waals surface area (Å²) >= 11 is 1.28. The van der Waals surface area contributed by atoms with Crippen LogP contribution in [0.25, 0.3) is 22.6 Å². The molecule has 1 saturated heterocycles. The second-order valence-corrected chi connectivity index (χ2v) is 11.3. The molecule has 12 heteroatoms. The first kappa shape index (κ1) is 30.7. The van der Waals surface area contributed by atoms with Gasteiger partial charge in [-0.1, -0.05) is 23.9 Å². The van der Waals surface area contributed by atoms with Crippen molar-refractivity contribution in [2.24, 2.45) is 0 Å². The molecule has 3 heterocycles. The lowest BCUT2D eigenvalue weighted by atomic mass is 9.97. The minimum absolute atomic E-state index is 0.0315. The van der Waals surface area contributed by atoms with Gasteiger partial charge in [0.15, 0.2) is 5.79 Å². The quantitative estimate of drug-likeness (QED) is 0.212. The maximum Gasteiger partial charge on any atom is 0.230 e. The van der Waals surface area contributed by atoms with Gasteiger partial charge < -0.3 is 33.8 Å². The Bertz CT molecular complexity index is 1760. The number of hydrogen-bond donors (Lipinski definition) is 1. The van der Waals surface area contributed by atoms with Gasteiger partial charge in [-0.3, -0.25) is 0 Å². The van der Waals surface area contributed by atoms with E-state index in [0.717, 1.165) is 0 Å². The van der Waals surface area contributed by atoms with Gasteiger partial charge in [0.05, 0.1) is 37.6 Å². The van der Waals surface area contributed by atoms with Crippen LogP contribution in [0, 0.1) is 29.6 Å². The fourth-order valence-corrected chi connectivity index (χ4v) is 5.73. The molecule has 1 atom stereocenters. The molecule has 2 aromatic carbocycles. The predicted octanol–water partition coefficient (Wildman–Crippen LogP) is 5.88. The molecule has 1 fully saturated rings. The zero-order valence-corrected chi connectivity index (χ0v) is 25.8. The van der Waals surface area contributed by atoms with Gasteiger partial charge in [0.2, 0.25) is 5.89 Å². The van der Waals surface area contributed by atoms with Crippen molar-refractivity contribution in [3.8, 4) is 52.0 Å². The van der Waals surface area contributed by atoms with Crippen LogP contribution in [-0.2, 0) is 15.2 Å². The van der Waals surface area contributed by atoms with E-state index < -0.39 is 5.79 Å². The minimum Gasteiger partial charge on any atom is -0.497 e. The summed E-state index contributed by atoms with van der Waals surface area (Å²) in [5.74, 6) is 2.55. The topological polar surface area (TPSA) is 159 Å². The molecular formula is C32H31N5O6S. The highest BCUT2D eigenvalue weighted by Gasteiger charge is 2.33. The number of oxazole rings is 1. The highest BCUT2D eigenvalue weighted by Crippen LogP contribution is 2.39. The number of thioether (sulfide) groups is 1. The van der Waals surface area contributed by atoms with Crippen molar-refractivity contribution in [1.29, 1.82) is 10.5 Å². The molecule has 44 heavy (non-hydrogen) atoms. The number of nitriles is 2. The second-order valence-electron chi connectivity index (χ2n) is 10.3. The summed E-state index contributed by atoms with van der Waals surface area (Å²) in [5.41, 5.74) is 8.95. The number of ether oxygens (including phenoxy) is 5. The number of benzene rings is 2. The van der Waals surface area contributed by atoms with Gasteiger partial charge in [0.1, 0.15) is 64.3 Å². The number of pyridine rings is 1. The Hall–Kier alpha value is -4.75. The highest BCUT2D eigenvalue weighted by molar-refractivity contribution is 7.98. The molecule has 0 saturated carbocycles. The Balaban J connectivity index is 1.39. The first-order valence-electron chi connectivity index (χ1n) is 13.7. The summed E-state index contributed by atoms with van der Waals surface area (Å²) in [5, 5.41) is 20.5. The molecule has 0 unspecified atom stereocenters. The Morgan fingerprint density at radius 3 is 2.39 bits per heavy atom. The Morgan fingerprint density at radius 1 is 1.02 bits per heavy atom. The van der Waals surface area contributed by atoms with Crippen molar-refractivity contribution in [3.05, 3.63) is 65.0 Å². The van der Waals surface area contributed by atoms with Gasteiger partial charge in [0.25, 0.3) is 0 Å². The van der Waals surface area contributed by atoms with Crippen molar-refractivity contribution >= 4 is 17.6 Å². The number of methoxy groups -OCH3 is 2. The van der Waals surface area contributed by atoms with Crippen LogP contribution in [0.2, 0.25) is 0 Å². The lowest BCUT2D eigenvalue weighted by molar-refractivity contribution is -0.141. The first-order valence-corrected chi connectivity index (χ1v) is 14.6. The van der Waals surface area contributed by atoms with E-state index >= 15 is 0 Å². The zero-order chi connectivity index (χ0) is 31.4. The summed E-state index contributed by atoms with van der Waals surface area (Å²) in [6, 6.07) is 16.8. The van der Waals surface area contributed by atoms with Crippen LogP contribution in [-0.4, -0.2) is 49.3 Å². The molecule has 2 N–H and O–H groups in total. The number of aromatic nitrogens is 2. The molecule has 5 rings (SSSR count). The van der Waals surface area contributed by atoms with Crippen LogP contribution in [0.3, 0.4) is 0 Å². The van der Waals surface area contributed by atoms with Crippen molar-refractivity contribution in [3.63, 3.8) is 0 Å². The summed E-state index contributed by atoms with van der Waals surface area (Å²) < 4.78 is 34.1. The maximum absolute atomic E-state index is 10.2. The summed E-state index contributed by atoms with van der Waals surface area (Å²) in [6.07, 6.45) is -0.179. The van der Waals surface area contributed by atoms with E-state index in [4.69, 9.17) is 33.8 Å². The molecule has 0 radical (unpaired) electrons. The predicted molar refractivity (Wildman–Crippen MR) is 163 cm³/mol.